The molecule has 156 valence electrons. The summed E-state index contributed by atoms with van der Waals surface area (Å²) in [5, 5.41) is 1.39. The first-order valence-corrected chi connectivity index (χ1v) is 12.6. The first kappa shape index (κ1) is 19.8. The summed E-state index contributed by atoms with van der Waals surface area (Å²) in [6.45, 7) is 1.68. The molecule has 0 N–H and O–H groups in total. The zero-order valence-corrected chi connectivity index (χ0v) is 18.6. The number of nitrogens with zero attached hydrogens (tertiary/aromatic N) is 3. The molecule has 0 unspecified atom stereocenters. The molecule has 3 aromatic rings. The summed E-state index contributed by atoms with van der Waals surface area (Å²) >= 11 is 3.04. The third-order valence-corrected chi connectivity index (χ3v) is 8.12. The third kappa shape index (κ3) is 3.69. The normalized spacial score (nSPS) is 16.6. The Labute approximate surface area is 184 Å². The van der Waals surface area contributed by atoms with Gasteiger partial charge >= 0.3 is 0 Å². The van der Waals surface area contributed by atoms with Gasteiger partial charge < -0.3 is 4.90 Å². The monoisotopic (exact) mass is 439 g/mol. The molecular formula is C23H25N3O2S2. The Balaban J connectivity index is 1.52. The van der Waals surface area contributed by atoms with Crippen molar-refractivity contribution in [3.8, 4) is 5.69 Å². The van der Waals surface area contributed by atoms with Gasteiger partial charge in [-0.15, -0.1) is 11.3 Å². The number of rotatable bonds is 4. The highest BCUT2D eigenvalue weighted by Gasteiger charge is 2.24. The van der Waals surface area contributed by atoms with Gasteiger partial charge in [0.25, 0.3) is 5.56 Å². The van der Waals surface area contributed by atoms with Crippen molar-refractivity contribution in [3.63, 3.8) is 0 Å². The Morgan fingerprint density at radius 1 is 1.03 bits per heavy atom. The standard InChI is InChI=1S/C23H25N3O2S2/c27-19(25-13-6-1-2-7-14-25)15-29-23-24-21-20(17-11-8-12-18(17)30-21)22(28)26(23)16-9-4-3-5-10-16/h3-5,9-10H,1-2,6-8,11-15H2. The van der Waals surface area contributed by atoms with Crippen molar-refractivity contribution in [3.05, 3.63) is 51.1 Å². The molecule has 5 rings (SSSR count). The molecule has 5 nitrogen and oxygen atoms in total. The molecule has 0 atom stereocenters. The Hall–Kier alpha value is -2.12. The van der Waals surface area contributed by atoms with Gasteiger partial charge in [-0.2, -0.15) is 0 Å². The van der Waals surface area contributed by atoms with Crippen molar-refractivity contribution in [2.75, 3.05) is 18.8 Å². The predicted molar refractivity (Wildman–Crippen MR) is 123 cm³/mol. The summed E-state index contributed by atoms with van der Waals surface area (Å²) in [5.74, 6) is 0.458. The average molecular weight is 440 g/mol. The molecule has 7 heteroatoms. The third-order valence-electron chi connectivity index (χ3n) is 6.01. The number of fused-ring (bicyclic) bond motifs is 3. The van der Waals surface area contributed by atoms with E-state index in [0.29, 0.717) is 10.9 Å². The summed E-state index contributed by atoms with van der Waals surface area (Å²) in [6.07, 6.45) is 7.67. The fourth-order valence-electron chi connectivity index (χ4n) is 4.46. The minimum absolute atomic E-state index is 0.00433. The Morgan fingerprint density at radius 2 is 1.80 bits per heavy atom. The topological polar surface area (TPSA) is 55.2 Å². The first-order chi connectivity index (χ1) is 14.7. The van der Waals surface area contributed by atoms with Crippen LogP contribution in [0.5, 0.6) is 0 Å². The van der Waals surface area contributed by atoms with Gasteiger partial charge in [0.05, 0.1) is 16.8 Å². The van der Waals surface area contributed by atoms with Crippen molar-refractivity contribution in [1.82, 2.24) is 14.5 Å². The van der Waals surface area contributed by atoms with Crippen molar-refractivity contribution in [2.24, 2.45) is 0 Å². The van der Waals surface area contributed by atoms with E-state index in [1.165, 1.54) is 35.0 Å². The second-order valence-electron chi connectivity index (χ2n) is 7.99. The highest BCUT2D eigenvalue weighted by atomic mass is 32.2. The smallest absolute Gasteiger partial charge is 0.267 e. The summed E-state index contributed by atoms with van der Waals surface area (Å²) in [5.41, 5.74) is 1.99. The number of thioether (sulfide) groups is 1. The molecule has 1 aliphatic heterocycles. The van der Waals surface area contributed by atoms with Gasteiger partial charge in [0.1, 0.15) is 4.83 Å². The molecule has 30 heavy (non-hydrogen) atoms. The lowest BCUT2D eigenvalue weighted by molar-refractivity contribution is -0.128. The van der Waals surface area contributed by atoms with Crippen LogP contribution in [-0.4, -0.2) is 39.2 Å². The Morgan fingerprint density at radius 3 is 2.57 bits per heavy atom. The maximum Gasteiger partial charge on any atom is 0.267 e. The van der Waals surface area contributed by atoms with Crippen LogP contribution >= 0.6 is 23.1 Å². The second-order valence-corrected chi connectivity index (χ2v) is 10.0. The quantitative estimate of drug-likeness (QED) is 0.446. The molecule has 2 aliphatic rings. The van der Waals surface area contributed by atoms with E-state index in [4.69, 9.17) is 4.98 Å². The first-order valence-electron chi connectivity index (χ1n) is 10.8. The van der Waals surface area contributed by atoms with E-state index < -0.39 is 0 Å². The number of thiophene rings is 1. The molecule has 0 saturated carbocycles. The van der Waals surface area contributed by atoms with Crippen LogP contribution in [0.3, 0.4) is 0 Å². The van der Waals surface area contributed by atoms with Gasteiger partial charge in [-0.05, 0) is 49.8 Å². The van der Waals surface area contributed by atoms with Crippen LogP contribution in [0.1, 0.15) is 42.5 Å². The summed E-state index contributed by atoms with van der Waals surface area (Å²) < 4.78 is 1.70. The van der Waals surface area contributed by atoms with E-state index in [-0.39, 0.29) is 11.5 Å². The molecule has 1 amide bonds. The maximum absolute atomic E-state index is 13.6. The zero-order chi connectivity index (χ0) is 20.5. The molecule has 0 radical (unpaired) electrons. The number of hydrogen-bond donors (Lipinski definition) is 0. The minimum Gasteiger partial charge on any atom is -0.342 e. The largest absolute Gasteiger partial charge is 0.342 e. The fourth-order valence-corrected chi connectivity index (χ4v) is 6.68. The molecule has 0 bridgehead atoms. The summed E-state index contributed by atoms with van der Waals surface area (Å²) in [4.78, 5) is 35.4. The highest BCUT2D eigenvalue weighted by molar-refractivity contribution is 7.99. The predicted octanol–water partition coefficient (Wildman–Crippen LogP) is 4.43. The molecule has 2 aromatic heterocycles. The molecule has 1 aromatic carbocycles. The van der Waals surface area contributed by atoms with Crippen molar-refractivity contribution in [1.29, 1.82) is 0 Å². The van der Waals surface area contributed by atoms with Crippen LogP contribution in [0.25, 0.3) is 15.9 Å². The SMILES string of the molecule is O=C(CSc1nc2sc3c(c2c(=O)n1-c1ccccc1)CCC3)N1CCCCCC1. The minimum atomic E-state index is -0.00433. The van der Waals surface area contributed by atoms with Crippen molar-refractivity contribution >= 4 is 39.2 Å². The van der Waals surface area contributed by atoms with E-state index in [2.05, 4.69) is 0 Å². The lowest BCUT2D eigenvalue weighted by atomic mass is 10.2. The number of aryl methyl sites for hydroxylation is 2. The molecule has 1 aliphatic carbocycles. The summed E-state index contributed by atoms with van der Waals surface area (Å²) in [6, 6.07) is 9.67. The molecule has 3 heterocycles. The van der Waals surface area contributed by atoms with Gasteiger partial charge in [0.2, 0.25) is 5.91 Å². The van der Waals surface area contributed by atoms with Crippen LogP contribution in [0.15, 0.2) is 40.3 Å². The number of hydrogen-bond acceptors (Lipinski definition) is 5. The molecular weight excluding hydrogens is 414 g/mol. The van der Waals surface area contributed by atoms with E-state index in [1.54, 1.807) is 15.9 Å². The van der Waals surface area contributed by atoms with E-state index >= 15 is 0 Å². The Kier molecular flexibility index (Phi) is 5.65. The van der Waals surface area contributed by atoms with Gasteiger partial charge in [-0.1, -0.05) is 42.8 Å². The molecule has 1 saturated heterocycles. The fraction of sp³-hybridized carbons (Fsp3) is 0.435. The van der Waals surface area contributed by atoms with E-state index in [1.807, 2.05) is 35.2 Å². The zero-order valence-electron chi connectivity index (χ0n) is 16.9. The number of amides is 1. The Bertz CT molecular complexity index is 1130. The van der Waals surface area contributed by atoms with Crippen molar-refractivity contribution < 1.29 is 4.79 Å². The van der Waals surface area contributed by atoms with Crippen LogP contribution < -0.4 is 5.56 Å². The number of carbonyl (C=O) groups excluding carboxylic acids is 1. The lowest BCUT2D eigenvalue weighted by Crippen LogP contribution is -2.33. The van der Waals surface area contributed by atoms with Crippen molar-refractivity contribution in [2.45, 2.75) is 50.1 Å². The number of para-hydroxylation sites is 1. The molecule has 1 fully saturated rings. The van der Waals surface area contributed by atoms with Crippen LogP contribution in [0.2, 0.25) is 0 Å². The highest BCUT2D eigenvalue weighted by Crippen LogP contribution is 2.36. The van der Waals surface area contributed by atoms with Gasteiger partial charge in [0.15, 0.2) is 5.16 Å². The summed E-state index contributed by atoms with van der Waals surface area (Å²) in [7, 11) is 0. The van der Waals surface area contributed by atoms with Crippen LogP contribution in [0.4, 0.5) is 0 Å². The second kappa shape index (κ2) is 8.55. The number of aromatic nitrogens is 2. The van der Waals surface area contributed by atoms with Crippen LogP contribution in [0, 0.1) is 0 Å². The lowest BCUT2D eigenvalue weighted by Gasteiger charge is -2.20. The van der Waals surface area contributed by atoms with Crippen LogP contribution in [-0.2, 0) is 17.6 Å². The number of carbonyl (C=O) groups is 1. The number of likely N-dealkylation sites (tertiary alicyclic amines) is 1. The average Bonchev–Trinajstić information content (AvgIpc) is 3.22. The maximum atomic E-state index is 13.6. The van der Waals surface area contributed by atoms with Gasteiger partial charge in [-0.25, -0.2) is 4.98 Å². The van der Waals surface area contributed by atoms with Gasteiger partial charge in [0, 0.05) is 18.0 Å². The van der Waals surface area contributed by atoms with E-state index in [9.17, 15) is 9.59 Å². The van der Waals surface area contributed by atoms with E-state index in [0.717, 1.165) is 61.1 Å². The van der Waals surface area contributed by atoms with Gasteiger partial charge in [-0.3, -0.25) is 14.2 Å². The number of benzene rings is 1. The molecule has 0 spiro atoms.